The largest absolute Gasteiger partial charge is 0.445 e. The van der Waals surface area contributed by atoms with Crippen LogP contribution in [0.1, 0.15) is 57.6 Å². The summed E-state index contributed by atoms with van der Waals surface area (Å²) in [5, 5.41) is 29.2. The van der Waals surface area contributed by atoms with Crippen molar-refractivity contribution in [1.82, 2.24) is 20.9 Å². The van der Waals surface area contributed by atoms with Gasteiger partial charge in [-0.25, -0.2) is 4.79 Å². The van der Waals surface area contributed by atoms with Crippen LogP contribution in [0.5, 0.6) is 0 Å². The van der Waals surface area contributed by atoms with Crippen molar-refractivity contribution in [2.75, 3.05) is 13.1 Å². The number of benzene rings is 2. The van der Waals surface area contributed by atoms with Crippen LogP contribution in [0.15, 0.2) is 60.7 Å². The van der Waals surface area contributed by atoms with Gasteiger partial charge in [-0.3, -0.25) is 14.5 Å². The van der Waals surface area contributed by atoms with Gasteiger partial charge in [0, 0.05) is 12.1 Å². The number of rotatable bonds is 12. The summed E-state index contributed by atoms with van der Waals surface area (Å²) in [6.45, 7) is 6.64. The predicted octanol–water partition coefficient (Wildman–Crippen LogP) is 3.05. The lowest BCUT2D eigenvalue weighted by atomic mass is 9.96. The van der Waals surface area contributed by atoms with Crippen molar-refractivity contribution in [1.29, 1.82) is 5.26 Å². The molecule has 10 nitrogen and oxygen atoms in total. The Balaban J connectivity index is 1.70. The average molecular weight is 578 g/mol. The van der Waals surface area contributed by atoms with Gasteiger partial charge in [-0.1, -0.05) is 67.1 Å². The molecule has 0 spiro atoms. The van der Waals surface area contributed by atoms with E-state index in [4.69, 9.17) is 4.74 Å². The van der Waals surface area contributed by atoms with E-state index in [1.165, 1.54) is 0 Å². The van der Waals surface area contributed by atoms with Gasteiger partial charge in [0.2, 0.25) is 11.8 Å². The highest BCUT2D eigenvalue weighted by Gasteiger charge is 2.34. The van der Waals surface area contributed by atoms with Gasteiger partial charge >= 0.3 is 6.09 Å². The molecular weight excluding hydrogens is 534 g/mol. The lowest BCUT2D eigenvalue weighted by Crippen LogP contribution is -2.58. The summed E-state index contributed by atoms with van der Waals surface area (Å²) in [6, 6.07) is 18.2. The van der Waals surface area contributed by atoms with Gasteiger partial charge < -0.3 is 25.8 Å². The number of nitriles is 1. The number of piperidine rings is 1. The van der Waals surface area contributed by atoms with Crippen molar-refractivity contribution in [2.24, 2.45) is 0 Å². The van der Waals surface area contributed by atoms with Crippen LogP contribution < -0.4 is 16.0 Å². The molecule has 1 aliphatic rings. The Labute approximate surface area is 248 Å². The van der Waals surface area contributed by atoms with Gasteiger partial charge in [-0.05, 0) is 57.7 Å². The summed E-state index contributed by atoms with van der Waals surface area (Å²) in [5.41, 5.74) is 1.30. The first-order valence-electron chi connectivity index (χ1n) is 14.5. The van der Waals surface area contributed by atoms with Gasteiger partial charge in [0.1, 0.15) is 12.6 Å². The molecule has 10 heteroatoms. The number of alkyl carbamates (subject to hydrolysis) is 1. The minimum atomic E-state index is -1.18. The van der Waals surface area contributed by atoms with Crippen molar-refractivity contribution in [3.63, 3.8) is 0 Å². The number of nitrogens with one attached hydrogen (secondary N) is 3. The Morgan fingerprint density at radius 2 is 1.67 bits per heavy atom. The van der Waals surface area contributed by atoms with Crippen LogP contribution in [0, 0.1) is 11.3 Å². The standard InChI is InChI=1S/C32H43N5O5/c1-32(2,3)36-30(40)27-16-10-11-19-37(27)21-28(38)26(20-23-12-6-4-7-13-23)34-29(39)25(17-18-33)35-31(41)42-22-24-14-8-5-9-15-24/h4-9,12-15,25-28,38H,10-11,16-17,19-22H2,1-3H3,(H,34,39)(H,35,41)(H,36,40)/t25?,26-,27?,28-/m0/s1. The van der Waals surface area contributed by atoms with Crippen LogP contribution >= 0.6 is 0 Å². The van der Waals surface area contributed by atoms with Crippen molar-refractivity contribution < 1.29 is 24.2 Å². The molecule has 0 aliphatic carbocycles. The molecule has 2 aromatic carbocycles. The molecule has 226 valence electrons. The smallest absolute Gasteiger partial charge is 0.408 e. The molecule has 0 bridgehead atoms. The highest BCUT2D eigenvalue weighted by Crippen LogP contribution is 2.20. The molecule has 0 saturated carbocycles. The molecule has 4 atom stereocenters. The monoisotopic (exact) mass is 577 g/mol. The minimum absolute atomic E-state index is 0.0166. The molecule has 1 heterocycles. The molecule has 1 fully saturated rings. The fourth-order valence-corrected chi connectivity index (χ4v) is 4.97. The molecule has 42 heavy (non-hydrogen) atoms. The molecule has 0 aromatic heterocycles. The summed E-state index contributed by atoms with van der Waals surface area (Å²) in [7, 11) is 0. The Morgan fingerprint density at radius 1 is 1.02 bits per heavy atom. The molecule has 0 radical (unpaired) electrons. The van der Waals surface area contributed by atoms with E-state index in [1.807, 2.05) is 92.4 Å². The maximum Gasteiger partial charge on any atom is 0.408 e. The van der Waals surface area contributed by atoms with Crippen molar-refractivity contribution in [2.45, 2.75) is 89.3 Å². The number of carbonyl (C=O) groups is 3. The highest BCUT2D eigenvalue weighted by molar-refractivity contribution is 5.86. The van der Waals surface area contributed by atoms with E-state index in [2.05, 4.69) is 16.0 Å². The molecule has 4 N–H and O–H groups in total. The van der Waals surface area contributed by atoms with Gasteiger partial charge in [-0.15, -0.1) is 0 Å². The third kappa shape index (κ3) is 10.8. The first-order valence-corrected chi connectivity index (χ1v) is 14.5. The molecule has 2 unspecified atom stereocenters. The van der Waals surface area contributed by atoms with Crippen LogP contribution in [0.4, 0.5) is 4.79 Å². The Morgan fingerprint density at radius 3 is 2.29 bits per heavy atom. The van der Waals surface area contributed by atoms with E-state index in [1.54, 1.807) is 0 Å². The fraction of sp³-hybridized carbons (Fsp3) is 0.500. The highest BCUT2D eigenvalue weighted by atomic mass is 16.5. The first-order chi connectivity index (χ1) is 20.1. The molecule has 2 aromatic rings. The molecule has 1 aliphatic heterocycles. The number of likely N-dealkylation sites (tertiary alicyclic amines) is 1. The van der Waals surface area contributed by atoms with Crippen molar-refractivity contribution in [3.05, 3.63) is 71.8 Å². The van der Waals surface area contributed by atoms with E-state index < -0.39 is 30.2 Å². The zero-order chi connectivity index (χ0) is 30.5. The Kier molecular flexibility index (Phi) is 12.3. The van der Waals surface area contributed by atoms with Crippen LogP contribution in [0.2, 0.25) is 0 Å². The number of ether oxygens (including phenoxy) is 1. The van der Waals surface area contributed by atoms with Gasteiger partial charge in [0.05, 0.1) is 30.7 Å². The third-order valence-corrected chi connectivity index (χ3v) is 7.04. The summed E-state index contributed by atoms with van der Waals surface area (Å²) in [5.74, 6) is -0.681. The molecular formula is C32H43N5O5. The summed E-state index contributed by atoms with van der Waals surface area (Å²) < 4.78 is 5.24. The van der Waals surface area contributed by atoms with Crippen LogP contribution in [-0.4, -0.2) is 70.8 Å². The zero-order valence-corrected chi connectivity index (χ0v) is 24.7. The van der Waals surface area contributed by atoms with Crippen LogP contribution in [-0.2, 0) is 27.4 Å². The summed E-state index contributed by atoms with van der Waals surface area (Å²) in [6.07, 6.45) is 0.700. The number of hydrogen-bond donors (Lipinski definition) is 4. The topological polar surface area (TPSA) is 144 Å². The average Bonchev–Trinajstić information content (AvgIpc) is 2.96. The van der Waals surface area contributed by atoms with E-state index in [9.17, 15) is 24.8 Å². The molecule has 1 saturated heterocycles. The normalized spacial score (nSPS) is 17.6. The first kappa shape index (κ1) is 32.6. The summed E-state index contributed by atoms with van der Waals surface area (Å²) >= 11 is 0. The number of aliphatic hydroxyl groups excluding tert-OH is 1. The van der Waals surface area contributed by atoms with Crippen molar-refractivity contribution >= 4 is 17.9 Å². The van der Waals surface area contributed by atoms with Gasteiger partial charge in [-0.2, -0.15) is 5.26 Å². The SMILES string of the molecule is CC(C)(C)NC(=O)C1CCCCN1C[C@H](O)[C@H](Cc1ccccc1)NC(=O)C(CC#N)NC(=O)OCc1ccccc1. The lowest BCUT2D eigenvalue weighted by molar-refractivity contribution is -0.130. The third-order valence-electron chi connectivity index (χ3n) is 7.04. The summed E-state index contributed by atoms with van der Waals surface area (Å²) in [4.78, 5) is 40.9. The number of aliphatic hydroxyl groups is 1. The van der Waals surface area contributed by atoms with Crippen molar-refractivity contribution in [3.8, 4) is 6.07 Å². The maximum atomic E-state index is 13.3. The second-order valence-electron chi connectivity index (χ2n) is 11.7. The predicted molar refractivity (Wildman–Crippen MR) is 159 cm³/mol. The van der Waals surface area contributed by atoms with Crippen LogP contribution in [0.3, 0.4) is 0 Å². The Hall–Kier alpha value is -3.94. The van der Waals surface area contributed by atoms with Crippen LogP contribution in [0.25, 0.3) is 0 Å². The maximum absolute atomic E-state index is 13.3. The van der Waals surface area contributed by atoms with Gasteiger partial charge in [0.15, 0.2) is 0 Å². The van der Waals surface area contributed by atoms with E-state index in [0.717, 1.165) is 24.0 Å². The number of β-amino-alcohol motifs (C(OH)–C–C–N with tert-alkyl or cyclic N) is 1. The second-order valence-corrected chi connectivity index (χ2v) is 11.7. The fourth-order valence-electron chi connectivity index (χ4n) is 4.97. The van der Waals surface area contributed by atoms with Gasteiger partial charge in [0.25, 0.3) is 0 Å². The number of hydrogen-bond acceptors (Lipinski definition) is 7. The van der Waals surface area contributed by atoms with E-state index >= 15 is 0 Å². The lowest BCUT2D eigenvalue weighted by Gasteiger charge is -2.38. The quantitative estimate of drug-likeness (QED) is 0.304. The number of nitrogens with zero attached hydrogens (tertiary/aromatic N) is 2. The minimum Gasteiger partial charge on any atom is -0.445 e. The van der Waals surface area contributed by atoms with E-state index in [-0.39, 0.29) is 37.1 Å². The number of carbonyl (C=O) groups excluding carboxylic acids is 3. The number of amides is 3. The second kappa shape index (κ2) is 15.9. The Bertz CT molecular complexity index is 1200. The molecule has 3 rings (SSSR count). The zero-order valence-electron chi connectivity index (χ0n) is 24.7. The van der Waals surface area contributed by atoms with E-state index in [0.29, 0.717) is 19.4 Å². The molecule has 3 amide bonds.